The minimum Gasteiger partial charge on any atom is -0.389 e. The molecule has 0 unspecified atom stereocenters. The number of ether oxygens (including phenoxy) is 1. The van der Waals surface area contributed by atoms with Crippen LogP contribution in [0.3, 0.4) is 0 Å². The Morgan fingerprint density at radius 2 is 2.06 bits per heavy atom. The highest BCUT2D eigenvalue weighted by atomic mass is 16.5. The van der Waals surface area contributed by atoms with Crippen molar-refractivity contribution in [3.63, 3.8) is 0 Å². The Bertz CT molecular complexity index is 397. The molecule has 0 aromatic heterocycles. The van der Waals surface area contributed by atoms with Gasteiger partial charge in [0.05, 0.1) is 25.2 Å². The molecule has 1 aromatic rings. The van der Waals surface area contributed by atoms with Crippen molar-refractivity contribution in [2.45, 2.75) is 19.4 Å². The maximum Gasteiger partial charge on any atom is 0.0933 e. The predicted molar refractivity (Wildman–Crippen MR) is 63.0 cm³/mol. The summed E-state index contributed by atoms with van der Waals surface area (Å²) < 4.78 is 5.14. The SMILES string of the molecule is CCc1ccc(C#C[C@@H]2COC[C@H]2O)cc1. The first-order chi connectivity index (χ1) is 7.79. The number of rotatable bonds is 1. The minimum absolute atomic E-state index is 0.0362. The molecule has 2 heteroatoms. The molecule has 1 saturated heterocycles. The van der Waals surface area contributed by atoms with E-state index in [0.717, 1.165) is 12.0 Å². The van der Waals surface area contributed by atoms with Gasteiger partial charge in [0.15, 0.2) is 0 Å². The molecular weight excluding hydrogens is 200 g/mol. The van der Waals surface area contributed by atoms with Gasteiger partial charge in [-0.05, 0) is 24.1 Å². The molecule has 1 aliphatic rings. The normalized spacial score (nSPS) is 23.9. The highest BCUT2D eigenvalue weighted by molar-refractivity contribution is 5.36. The second-order valence-corrected chi connectivity index (χ2v) is 4.03. The van der Waals surface area contributed by atoms with E-state index in [-0.39, 0.29) is 5.92 Å². The van der Waals surface area contributed by atoms with Crippen LogP contribution in [0.15, 0.2) is 24.3 Å². The molecule has 1 fully saturated rings. The summed E-state index contributed by atoms with van der Waals surface area (Å²) in [7, 11) is 0. The lowest BCUT2D eigenvalue weighted by atomic mass is 10.1. The minimum atomic E-state index is -0.428. The van der Waals surface area contributed by atoms with E-state index in [4.69, 9.17) is 4.74 Å². The summed E-state index contributed by atoms with van der Waals surface area (Å²) in [6.45, 7) is 3.09. The lowest BCUT2D eigenvalue weighted by Crippen LogP contribution is -2.15. The van der Waals surface area contributed by atoms with Crippen LogP contribution in [-0.4, -0.2) is 24.4 Å². The fourth-order valence-corrected chi connectivity index (χ4v) is 1.68. The Labute approximate surface area is 96.3 Å². The van der Waals surface area contributed by atoms with E-state index in [1.807, 2.05) is 12.1 Å². The van der Waals surface area contributed by atoms with Gasteiger partial charge in [0.2, 0.25) is 0 Å². The Morgan fingerprint density at radius 3 is 2.62 bits per heavy atom. The third-order valence-corrected chi connectivity index (χ3v) is 2.81. The number of aryl methyl sites for hydroxylation is 1. The highest BCUT2D eigenvalue weighted by Gasteiger charge is 2.23. The first kappa shape index (κ1) is 11.2. The molecule has 0 saturated carbocycles. The lowest BCUT2D eigenvalue weighted by molar-refractivity contribution is 0.123. The van der Waals surface area contributed by atoms with Crippen molar-refractivity contribution >= 4 is 0 Å². The first-order valence-electron chi connectivity index (χ1n) is 5.66. The van der Waals surface area contributed by atoms with Crippen LogP contribution >= 0.6 is 0 Å². The van der Waals surface area contributed by atoms with Gasteiger partial charge >= 0.3 is 0 Å². The Balaban J connectivity index is 2.05. The van der Waals surface area contributed by atoms with E-state index >= 15 is 0 Å². The molecule has 0 bridgehead atoms. The van der Waals surface area contributed by atoms with Crippen LogP contribution in [0.4, 0.5) is 0 Å². The molecule has 1 aliphatic heterocycles. The van der Waals surface area contributed by atoms with Gasteiger partial charge in [-0.25, -0.2) is 0 Å². The fourth-order valence-electron chi connectivity index (χ4n) is 1.68. The fraction of sp³-hybridized carbons (Fsp3) is 0.429. The van der Waals surface area contributed by atoms with Crippen molar-refractivity contribution in [1.82, 2.24) is 0 Å². The van der Waals surface area contributed by atoms with E-state index in [2.05, 4.69) is 30.9 Å². The van der Waals surface area contributed by atoms with Gasteiger partial charge < -0.3 is 9.84 Å². The quantitative estimate of drug-likeness (QED) is 0.723. The molecule has 16 heavy (non-hydrogen) atoms. The van der Waals surface area contributed by atoms with Gasteiger partial charge in [-0.2, -0.15) is 0 Å². The Kier molecular flexibility index (Phi) is 3.61. The van der Waals surface area contributed by atoms with E-state index in [0.29, 0.717) is 13.2 Å². The zero-order valence-electron chi connectivity index (χ0n) is 9.44. The molecule has 0 aliphatic carbocycles. The van der Waals surface area contributed by atoms with Crippen LogP contribution in [0.2, 0.25) is 0 Å². The van der Waals surface area contributed by atoms with Crippen LogP contribution in [0, 0.1) is 17.8 Å². The van der Waals surface area contributed by atoms with E-state index in [1.54, 1.807) is 0 Å². The van der Waals surface area contributed by atoms with Gasteiger partial charge in [0, 0.05) is 5.56 Å². The molecule has 2 rings (SSSR count). The summed E-state index contributed by atoms with van der Waals surface area (Å²) in [4.78, 5) is 0. The lowest BCUT2D eigenvalue weighted by Gasteiger charge is -2.02. The summed E-state index contributed by atoms with van der Waals surface area (Å²) in [5.41, 5.74) is 2.31. The average Bonchev–Trinajstić information content (AvgIpc) is 2.73. The zero-order chi connectivity index (χ0) is 11.4. The van der Waals surface area contributed by atoms with Crippen LogP contribution in [0.5, 0.6) is 0 Å². The van der Waals surface area contributed by atoms with Crippen molar-refractivity contribution in [1.29, 1.82) is 0 Å². The number of aliphatic hydroxyl groups is 1. The molecule has 0 spiro atoms. The summed E-state index contributed by atoms with van der Waals surface area (Å²) in [6, 6.07) is 8.22. The van der Waals surface area contributed by atoms with Crippen LogP contribution in [-0.2, 0) is 11.2 Å². The van der Waals surface area contributed by atoms with Crippen molar-refractivity contribution in [3.8, 4) is 11.8 Å². The standard InChI is InChI=1S/C14H16O2/c1-2-11-3-5-12(6-4-11)7-8-13-9-16-10-14(13)15/h3-6,13-15H,2,9-10H2,1H3/t13-,14-/m1/s1. The molecule has 1 N–H and O–H groups in total. The third-order valence-electron chi connectivity index (χ3n) is 2.81. The zero-order valence-corrected chi connectivity index (χ0v) is 9.44. The topological polar surface area (TPSA) is 29.5 Å². The summed E-state index contributed by atoms with van der Waals surface area (Å²) in [5.74, 6) is 6.10. The molecule has 84 valence electrons. The predicted octanol–water partition coefficient (Wildman–Crippen LogP) is 1.61. The highest BCUT2D eigenvalue weighted by Crippen LogP contribution is 2.12. The molecule has 0 radical (unpaired) electrons. The molecule has 1 aromatic carbocycles. The van der Waals surface area contributed by atoms with Gasteiger partial charge in [-0.1, -0.05) is 30.9 Å². The number of aliphatic hydroxyl groups excluding tert-OH is 1. The average molecular weight is 216 g/mol. The van der Waals surface area contributed by atoms with Crippen molar-refractivity contribution in [2.75, 3.05) is 13.2 Å². The van der Waals surface area contributed by atoms with Gasteiger partial charge in [-0.3, -0.25) is 0 Å². The Morgan fingerprint density at radius 1 is 1.31 bits per heavy atom. The largest absolute Gasteiger partial charge is 0.389 e. The van der Waals surface area contributed by atoms with Crippen LogP contribution < -0.4 is 0 Å². The van der Waals surface area contributed by atoms with Crippen LogP contribution in [0.1, 0.15) is 18.1 Å². The maximum absolute atomic E-state index is 9.52. The maximum atomic E-state index is 9.52. The molecule has 0 amide bonds. The second-order valence-electron chi connectivity index (χ2n) is 4.03. The van der Waals surface area contributed by atoms with Gasteiger partial charge in [-0.15, -0.1) is 0 Å². The van der Waals surface area contributed by atoms with Crippen molar-refractivity contribution in [3.05, 3.63) is 35.4 Å². The van der Waals surface area contributed by atoms with E-state index < -0.39 is 6.10 Å². The number of hydrogen-bond donors (Lipinski definition) is 1. The van der Waals surface area contributed by atoms with Crippen molar-refractivity contribution in [2.24, 2.45) is 5.92 Å². The summed E-state index contributed by atoms with van der Waals surface area (Å²) >= 11 is 0. The summed E-state index contributed by atoms with van der Waals surface area (Å²) in [5, 5.41) is 9.52. The number of hydrogen-bond acceptors (Lipinski definition) is 2. The van der Waals surface area contributed by atoms with Crippen molar-refractivity contribution < 1.29 is 9.84 Å². The summed E-state index contributed by atoms with van der Waals surface area (Å²) in [6.07, 6.45) is 0.616. The van der Waals surface area contributed by atoms with E-state index in [9.17, 15) is 5.11 Å². The molecule has 2 nitrogen and oxygen atoms in total. The molecule has 1 heterocycles. The van der Waals surface area contributed by atoms with Crippen LogP contribution in [0.25, 0.3) is 0 Å². The van der Waals surface area contributed by atoms with Gasteiger partial charge in [0.1, 0.15) is 0 Å². The second kappa shape index (κ2) is 5.16. The van der Waals surface area contributed by atoms with E-state index in [1.165, 1.54) is 5.56 Å². The van der Waals surface area contributed by atoms with Gasteiger partial charge in [0.25, 0.3) is 0 Å². The molecular formula is C14H16O2. The number of benzene rings is 1. The third kappa shape index (κ3) is 2.63. The smallest absolute Gasteiger partial charge is 0.0933 e. The molecule has 2 atom stereocenters. The Hall–Kier alpha value is -1.30. The first-order valence-corrected chi connectivity index (χ1v) is 5.66. The monoisotopic (exact) mass is 216 g/mol.